The molecule has 2 heterocycles. The normalized spacial score (nSPS) is 14.9. The lowest BCUT2D eigenvalue weighted by molar-refractivity contribution is -0.116. The molecule has 7 nitrogen and oxygen atoms in total. The number of benzene rings is 1. The third-order valence-electron chi connectivity index (χ3n) is 5.21. The summed E-state index contributed by atoms with van der Waals surface area (Å²) < 4.78 is 7.07. The molecule has 0 aliphatic heterocycles. The fourth-order valence-corrected chi connectivity index (χ4v) is 3.81. The minimum absolute atomic E-state index is 0.167. The largest absolute Gasteiger partial charge is 0.472 e. The molecule has 0 atom stereocenters. The van der Waals surface area contributed by atoms with Crippen LogP contribution in [0, 0.1) is 0 Å². The Kier molecular flexibility index (Phi) is 5.41. The van der Waals surface area contributed by atoms with Crippen LogP contribution in [-0.2, 0) is 4.79 Å². The maximum Gasteiger partial charge on any atom is 0.254 e. The smallest absolute Gasteiger partial charge is 0.254 e. The first-order valence-electron chi connectivity index (χ1n) is 9.79. The lowest BCUT2D eigenvalue weighted by Crippen LogP contribution is -2.28. The molecule has 146 valence electrons. The summed E-state index contributed by atoms with van der Waals surface area (Å²) in [6.07, 6.45) is 8.86. The Labute approximate surface area is 163 Å². The van der Waals surface area contributed by atoms with Gasteiger partial charge in [-0.15, -0.1) is 0 Å². The summed E-state index contributed by atoms with van der Waals surface area (Å²) in [6.45, 7) is 0.250. The van der Waals surface area contributed by atoms with Gasteiger partial charge in [-0.1, -0.05) is 31.4 Å². The van der Waals surface area contributed by atoms with Crippen LogP contribution < -0.4 is 10.6 Å². The number of hydrogen-bond acceptors (Lipinski definition) is 4. The van der Waals surface area contributed by atoms with Crippen molar-refractivity contribution in [3.05, 3.63) is 48.4 Å². The minimum Gasteiger partial charge on any atom is -0.472 e. The number of fused-ring (bicyclic) bond motifs is 1. The fraction of sp³-hybridized carbons (Fsp3) is 0.381. The van der Waals surface area contributed by atoms with E-state index in [4.69, 9.17) is 4.42 Å². The number of amides is 2. The molecular weight excluding hydrogens is 356 g/mol. The molecule has 3 aromatic rings. The summed E-state index contributed by atoms with van der Waals surface area (Å²) in [5, 5.41) is 5.67. The van der Waals surface area contributed by atoms with Gasteiger partial charge in [0.15, 0.2) is 0 Å². The molecule has 0 unspecified atom stereocenters. The van der Waals surface area contributed by atoms with Crippen molar-refractivity contribution in [1.29, 1.82) is 0 Å². The zero-order valence-corrected chi connectivity index (χ0v) is 15.7. The molecule has 2 amide bonds. The van der Waals surface area contributed by atoms with E-state index in [2.05, 4.69) is 26.3 Å². The summed E-state index contributed by atoms with van der Waals surface area (Å²) in [5.41, 5.74) is 2.38. The summed E-state index contributed by atoms with van der Waals surface area (Å²) in [5.74, 6) is 0.176. The van der Waals surface area contributed by atoms with Gasteiger partial charge in [-0.2, -0.15) is 0 Å². The number of hydrogen-bond donors (Lipinski definition) is 2. The predicted octanol–water partition coefficient (Wildman–Crippen LogP) is 3.89. The first-order valence-corrected chi connectivity index (χ1v) is 9.79. The maximum atomic E-state index is 12.5. The zero-order chi connectivity index (χ0) is 19.3. The monoisotopic (exact) mass is 380 g/mol. The van der Waals surface area contributed by atoms with E-state index < -0.39 is 0 Å². The van der Waals surface area contributed by atoms with Crippen LogP contribution in [0.3, 0.4) is 0 Å². The molecule has 4 rings (SSSR count). The van der Waals surface area contributed by atoms with Crippen molar-refractivity contribution in [2.24, 2.45) is 0 Å². The molecule has 0 bridgehead atoms. The van der Waals surface area contributed by atoms with Gasteiger partial charge in [-0.05, 0) is 31.0 Å². The van der Waals surface area contributed by atoms with Crippen LogP contribution in [-0.4, -0.2) is 27.9 Å². The topological polar surface area (TPSA) is 89.2 Å². The van der Waals surface area contributed by atoms with Crippen LogP contribution in [0.4, 0.5) is 5.95 Å². The van der Waals surface area contributed by atoms with Gasteiger partial charge in [0.2, 0.25) is 11.9 Å². The Morgan fingerprint density at radius 2 is 1.96 bits per heavy atom. The number of nitrogens with zero attached hydrogens (tertiary/aromatic N) is 2. The van der Waals surface area contributed by atoms with E-state index in [0.717, 1.165) is 23.9 Å². The molecule has 1 fully saturated rings. The van der Waals surface area contributed by atoms with Crippen LogP contribution in [0.1, 0.15) is 54.9 Å². The van der Waals surface area contributed by atoms with Gasteiger partial charge in [0.25, 0.3) is 5.91 Å². The van der Waals surface area contributed by atoms with Crippen LogP contribution in [0.2, 0.25) is 0 Å². The zero-order valence-electron chi connectivity index (χ0n) is 15.7. The van der Waals surface area contributed by atoms with E-state index in [9.17, 15) is 9.59 Å². The van der Waals surface area contributed by atoms with Crippen LogP contribution in [0.5, 0.6) is 0 Å². The fourth-order valence-electron chi connectivity index (χ4n) is 3.81. The number of nitrogens with one attached hydrogen (secondary N) is 2. The number of carbonyl (C=O) groups is 2. The second kappa shape index (κ2) is 8.29. The standard InChI is InChI=1S/C21H24N4O3/c26-19(10-12-22-20(27)15-11-13-28-14-15)24-21-23-17-8-4-5-9-18(17)25(21)16-6-2-1-3-7-16/h4-5,8-9,11,13-14,16H,1-3,6-7,10,12H2,(H,22,27)(H,23,24,26). The highest BCUT2D eigenvalue weighted by Crippen LogP contribution is 2.34. The molecule has 1 aliphatic rings. The molecule has 1 aliphatic carbocycles. The van der Waals surface area contributed by atoms with Gasteiger partial charge in [0.1, 0.15) is 6.26 Å². The molecule has 1 saturated carbocycles. The third kappa shape index (κ3) is 3.93. The van der Waals surface area contributed by atoms with E-state index in [1.54, 1.807) is 6.07 Å². The predicted molar refractivity (Wildman–Crippen MR) is 106 cm³/mol. The Morgan fingerprint density at radius 3 is 2.75 bits per heavy atom. The lowest BCUT2D eigenvalue weighted by Gasteiger charge is -2.25. The quantitative estimate of drug-likeness (QED) is 0.679. The van der Waals surface area contributed by atoms with Crippen molar-refractivity contribution in [1.82, 2.24) is 14.9 Å². The summed E-state index contributed by atoms with van der Waals surface area (Å²) in [6, 6.07) is 9.92. The number of anilines is 1. The highest BCUT2D eigenvalue weighted by Gasteiger charge is 2.22. The number of rotatable bonds is 6. The van der Waals surface area contributed by atoms with Gasteiger partial charge >= 0.3 is 0 Å². The van der Waals surface area contributed by atoms with Gasteiger partial charge in [0.05, 0.1) is 22.9 Å². The molecule has 2 N–H and O–H groups in total. The number of carbonyl (C=O) groups excluding carboxylic acids is 2. The van der Waals surface area contributed by atoms with Gasteiger partial charge in [-0.3, -0.25) is 14.9 Å². The van der Waals surface area contributed by atoms with Gasteiger partial charge in [0, 0.05) is 19.0 Å². The van der Waals surface area contributed by atoms with Crippen molar-refractivity contribution in [3.8, 4) is 0 Å². The second-order valence-corrected chi connectivity index (χ2v) is 7.15. The minimum atomic E-state index is -0.254. The molecule has 2 aromatic heterocycles. The Balaban J connectivity index is 1.43. The molecule has 0 spiro atoms. The third-order valence-corrected chi connectivity index (χ3v) is 5.21. The van der Waals surface area contributed by atoms with E-state index in [1.807, 2.05) is 18.2 Å². The molecule has 1 aromatic carbocycles. The van der Waals surface area contributed by atoms with Crippen molar-refractivity contribution < 1.29 is 14.0 Å². The Bertz CT molecular complexity index is 955. The molecule has 0 radical (unpaired) electrons. The number of imidazole rings is 1. The van der Waals surface area contributed by atoms with Crippen LogP contribution in [0.25, 0.3) is 11.0 Å². The highest BCUT2D eigenvalue weighted by molar-refractivity contribution is 5.95. The summed E-state index contributed by atoms with van der Waals surface area (Å²) >= 11 is 0. The Hall–Kier alpha value is -3.09. The van der Waals surface area contributed by atoms with Crippen molar-refractivity contribution in [3.63, 3.8) is 0 Å². The number of aromatic nitrogens is 2. The molecular formula is C21H24N4O3. The van der Waals surface area contributed by atoms with Crippen LogP contribution >= 0.6 is 0 Å². The van der Waals surface area contributed by atoms with Crippen molar-refractivity contribution >= 4 is 28.8 Å². The van der Waals surface area contributed by atoms with E-state index in [1.165, 1.54) is 31.8 Å². The maximum absolute atomic E-state index is 12.5. The molecule has 7 heteroatoms. The number of para-hydroxylation sites is 2. The SMILES string of the molecule is O=C(CCNC(=O)c1ccoc1)Nc1nc2ccccc2n1C1CCCCC1. The lowest BCUT2D eigenvalue weighted by atomic mass is 9.95. The first kappa shape index (κ1) is 18.3. The van der Waals surface area contributed by atoms with Crippen molar-refractivity contribution in [2.75, 3.05) is 11.9 Å². The Morgan fingerprint density at radius 1 is 1.14 bits per heavy atom. The molecule has 28 heavy (non-hydrogen) atoms. The first-order chi connectivity index (χ1) is 13.7. The van der Waals surface area contributed by atoms with E-state index in [-0.39, 0.29) is 24.8 Å². The van der Waals surface area contributed by atoms with E-state index >= 15 is 0 Å². The average Bonchev–Trinajstić information content (AvgIpc) is 3.36. The average molecular weight is 380 g/mol. The van der Waals surface area contributed by atoms with Crippen molar-refractivity contribution in [2.45, 2.75) is 44.6 Å². The van der Waals surface area contributed by atoms with Gasteiger partial charge in [-0.25, -0.2) is 4.98 Å². The second-order valence-electron chi connectivity index (χ2n) is 7.15. The van der Waals surface area contributed by atoms with Gasteiger partial charge < -0.3 is 14.3 Å². The summed E-state index contributed by atoms with van der Waals surface area (Å²) in [4.78, 5) is 29.0. The van der Waals surface area contributed by atoms with E-state index in [0.29, 0.717) is 17.6 Å². The summed E-state index contributed by atoms with van der Waals surface area (Å²) in [7, 11) is 0. The van der Waals surface area contributed by atoms with Crippen LogP contribution in [0.15, 0.2) is 47.3 Å². The number of furan rings is 1. The molecule has 0 saturated heterocycles. The highest BCUT2D eigenvalue weighted by atomic mass is 16.3.